The second kappa shape index (κ2) is 5.22. The Morgan fingerprint density at radius 1 is 1.56 bits per heavy atom. The molecule has 6 nitrogen and oxygen atoms in total. The molecule has 1 aliphatic rings. The Labute approximate surface area is 106 Å². The SMILES string of the molecule is NC(=O)c1ccc(N)c(N2CCC(CCO)C2)n1. The Balaban J connectivity index is 2.18. The fourth-order valence-corrected chi connectivity index (χ4v) is 2.29. The highest BCUT2D eigenvalue weighted by molar-refractivity contribution is 5.91. The Kier molecular flexibility index (Phi) is 3.66. The Hall–Kier alpha value is -1.82. The van der Waals surface area contributed by atoms with Crippen LogP contribution in [0.2, 0.25) is 0 Å². The van der Waals surface area contributed by atoms with Crippen molar-refractivity contribution >= 4 is 17.4 Å². The second-order valence-electron chi connectivity index (χ2n) is 4.59. The number of hydrogen-bond donors (Lipinski definition) is 3. The number of aromatic nitrogens is 1. The molecule has 0 aromatic carbocycles. The molecule has 98 valence electrons. The number of amides is 1. The normalized spacial score (nSPS) is 19.2. The van der Waals surface area contributed by atoms with Gasteiger partial charge >= 0.3 is 0 Å². The second-order valence-corrected chi connectivity index (χ2v) is 4.59. The van der Waals surface area contributed by atoms with Gasteiger partial charge in [-0.2, -0.15) is 0 Å². The van der Waals surface area contributed by atoms with Crippen molar-refractivity contribution < 1.29 is 9.90 Å². The number of aliphatic hydroxyl groups excluding tert-OH is 1. The van der Waals surface area contributed by atoms with Crippen molar-refractivity contribution in [3.05, 3.63) is 17.8 Å². The van der Waals surface area contributed by atoms with Crippen molar-refractivity contribution in [2.75, 3.05) is 30.3 Å². The fraction of sp³-hybridized carbons (Fsp3) is 0.500. The van der Waals surface area contributed by atoms with Gasteiger partial charge in [-0.25, -0.2) is 4.98 Å². The first-order valence-corrected chi connectivity index (χ1v) is 6.04. The van der Waals surface area contributed by atoms with Gasteiger partial charge in [0.25, 0.3) is 5.91 Å². The van der Waals surface area contributed by atoms with Crippen LogP contribution in [-0.4, -0.2) is 35.7 Å². The molecule has 0 radical (unpaired) electrons. The highest BCUT2D eigenvalue weighted by Crippen LogP contribution is 2.28. The van der Waals surface area contributed by atoms with E-state index in [2.05, 4.69) is 4.98 Å². The van der Waals surface area contributed by atoms with Crippen molar-refractivity contribution in [3.8, 4) is 0 Å². The lowest BCUT2D eigenvalue weighted by atomic mass is 10.1. The van der Waals surface area contributed by atoms with Gasteiger partial charge in [-0.1, -0.05) is 0 Å². The molecule has 1 atom stereocenters. The van der Waals surface area contributed by atoms with E-state index >= 15 is 0 Å². The first-order chi connectivity index (χ1) is 8.61. The molecule has 6 heteroatoms. The van der Waals surface area contributed by atoms with Crippen molar-refractivity contribution in [1.29, 1.82) is 0 Å². The lowest BCUT2D eigenvalue weighted by Gasteiger charge is -2.19. The summed E-state index contributed by atoms with van der Waals surface area (Å²) in [5.74, 6) is 0.516. The smallest absolute Gasteiger partial charge is 0.267 e. The van der Waals surface area contributed by atoms with Crippen LogP contribution in [0.3, 0.4) is 0 Å². The summed E-state index contributed by atoms with van der Waals surface area (Å²) in [5.41, 5.74) is 11.9. The van der Waals surface area contributed by atoms with E-state index in [1.54, 1.807) is 6.07 Å². The van der Waals surface area contributed by atoms with Crippen LogP contribution in [0, 0.1) is 5.92 Å². The molecule has 0 saturated carbocycles. The van der Waals surface area contributed by atoms with E-state index in [9.17, 15) is 4.79 Å². The fourth-order valence-electron chi connectivity index (χ4n) is 2.29. The van der Waals surface area contributed by atoms with Crippen LogP contribution in [-0.2, 0) is 0 Å². The van der Waals surface area contributed by atoms with Crippen LogP contribution in [0.1, 0.15) is 23.3 Å². The van der Waals surface area contributed by atoms with Gasteiger partial charge in [-0.05, 0) is 30.9 Å². The molecule has 1 unspecified atom stereocenters. The van der Waals surface area contributed by atoms with E-state index < -0.39 is 5.91 Å². The first-order valence-electron chi connectivity index (χ1n) is 6.04. The van der Waals surface area contributed by atoms with Gasteiger partial charge in [0, 0.05) is 19.7 Å². The molecule has 1 amide bonds. The molecule has 0 spiro atoms. The number of nitrogen functional groups attached to an aromatic ring is 1. The minimum Gasteiger partial charge on any atom is -0.396 e. The maximum Gasteiger partial charge on any atom is 0.267 e. The highest BCUT2D eigenvalue weighted by atomic mass is 16.3. The maximum atomic E-state index is 11.1. The number of carbonyl (C=O) groups is 1. The summed E-state index contributed by atoms with van der Waals surface area (Å²) in [5, 5.41) is 8.93. The minimum atomic E-state index is -0.553. The van der Waals surface area contributed by atoms with Crippen molar-refractivity contribution in [2.24, 2.45) is 11.7 Å². The van der Waals surface area contributed by atoms with Gasteiger partial charge in [0.2, 0.25) is 0 Å². The zero-order valence-electron chi connectivity index (χ0n) is 10.2. The lowest BCUT2D eigenvalue weighted by Crippen LogP contribution is -2.24. The quantitative estimate of drug-likeness (QED) is 0.696. The monoisotopic (exact) mass is 250 g/mol. The number of nitrogens with zero attached hydrogens (tertiary/aromatic N) is 2. The predicted octanol–water partition coefficient (Wildman–Crippen LogP) is -0.0286. The van der Waals surface area contributed by atoms with E-state index in [4.69, 9.17) is 16.6 Å². The first kappa shape index (κ1) is 12.6. The minimum absolute atomic E-state index is 0.197. The molecular weight excluding hydrogens is 232 g/mol. The summed E-state index contributed by atoms with van der Waals surface area (Å²) in [4.78, 5) is 17.4. The summed E-state index contributed by atoms with van der Waals surface area (Å²) in [6, 6.07) is 3.18. The summed E-state index contributed by atoms with van der Waals surface area (Å²) in [6.07, 6.45) is 1.79. The lowest BCUT2D eigenvalue weighted by molar-refractivity contribution is 0.0995. The number of pyridine rings is 1. The van der Waals surface area contributed by atoms with Crippen molar-refractivity contribution in [1.82, 2.24) is 4.98 Å². The van der Waals surface area contributed by atoms with Crippen molar-refractivity contribution in [3.63, 3.8) is 0 Å². The van der Waals surface area contributed by atoms with Crippen LogP contribution in [0.15, 0.2) is 12.1 Å². The number of carbonyl (C=O) groups excluding carboxylic acids is 1. The maximum absolute atomic E-state index is 11.1. The largest absolute Gasteiger partial charge is 0.396 e. The van der Waals surface area contributed by atoms with Gasteiger partial charge in [-0.15, -0.1) is 0 Å². The molecule has 5 N–H and O–H groups in total. The average molecular weight is 250 g/mol. The van der Waals surface area contributed by atoms with Crippen LogP contribution in [0.5, 0.6) is 0 Å². The van der Waals surface area contributed by atoms with Crippen LogP contribution >= 0.6 is 0 Å². The van der Waals surface area contributed by atoms with Gasteiger partial charge in [0.1, 0.15) is 5.69 Å². The summed E-state index contributed by atoms with van der Waals surface area (Å²) >= 11 is 0. The predicted molar refractivity (Wildman–Crippen MR) is 69.2 cm³/mol. The zero-order chi connectivity index (χ0) is 13.1. The Bertz CT molecular complexity index is 450. The number of primary amides is 1. The highest BCUT2D eigenvalue weighted by Gasteiger charge is 2.24. The van der Waals surface area contributed by atoms with Crippen LogP contribution in [0.4, 0.5) is 11.5 Å². The molecule has 1 saturated heterocycles. The third-order valence-electron chi connectivity index (χ3n) is 3.28. The molecule has 2 rings (SSSR count). The molecule has 18 heavy (non-hydrogen) atoms. The molecule has 2 heterocycles. The standard InChI is InChI=1S/C12H18N4O2/c13-9-1-2-10(11(14)18)15-12(9)16-5-3-8(7-16)4-6-17/h1-2,8,17H,3-7,13H2,(H2,14,18). The van der Waals surface area contributed by atoms with Gasteiger partial charge < -0.3 is 21.5 Å². The summed E-state index contributed by atoms with van der Waals surface area (Å²) in [7, 11) is 0. The van der Waals surface area contributed by atoms with Gasteiger partial charge in [0.05, 0.1) is 5.69 Å². The molecular formula is C12H18N4O2. The molecule has 1 aromatic rings. The topological polar surface area (TPSA) is 105 Å². The van der Waals surface area contributed by atoms with Crippen molar-refractivity contribution in [2.45, 2.75) is 12.8 Å². The van der Waals surface area contributed by atoms with E-state index in [0.717, 1.165) is 25.9 Å². The molecule has 0 bridgehead atoms. The number of hydrogen-bond acceptors (Lipinski definition) is 5. The Morgan fingerprint density at radius 3 is 3.00 bits per heavy atom. The number of aliphatic hydroxyl groups is 1. The zero-order valence-corrected chi connectivity index (χ0v) is 10.2. The molecule has 0 aliphatic carbocycles. The number of rotatable bonds is 4. The van der Waals surface area contributed by atoms with Gasteiger partial charge in [0.15, 0.2) is 5.82 Å². The number of nitrogens with two attached hydrogens (primary N) is 2. The Morgan fingerprint density at radius 2 is 2.33 bits per heavy atom. The van der Waals surface area contributed by atoms with E-state index in [0.29, 0.717) is 17.4 Å². The summed E-state index contributed by atoms with van der Waals surface area (Å²) in [6.45, 7) is 1.84. The molecule has 1 fully saturated rings. The van der Waals surface area contributed by atoms with Crippen LogP contribution in [0.25, 0.3) is 0 Å². The van der Waals surface area contributed by atoms with E-state index in [1.807, 2.05) is 4.90 Å². The summed E-state index contributed by atoms with van der Waals surface area (Å²) < 4.78 is 0. The van der Waals surface area contributed by atoms with E-state index in [1.165, 1.54) is 6.07 Å². The molecule has 1 aliphatic heterocycles. The van der Waals surface area contributed by atoms with E-state index in [-0.39, 0.29) is 12.3 Å². The third kappa shape index (κ3) is 2.53. The van der Waals surface area contributed by atoms with Crippen LogP contribution < -0.4 is 16.4 Å². The third-order valence-corrected chi connectivity index (χ3v) is 3.28. The average Bonchev–Trinajstić information content (AvgIpc) is 2.78. The molecule has 1 aromatic heterocycles. The number of anilines is 2. The van der Waals surface area contributed by atoms with Gasteiger partial charge in [-0.3, -0.25) is 4.79 Å².